The highest BCUT2D eigenvalue weighted by Gasteiger charge is 2.13. The van der Waals surface area contributed by atoms with Crippen LogP contribution in [0.4, 0.5) is 10.1 Å². The Morgan fingerprint density at radius 3 is 2.70 bits per heavy atom. The Hall–Kier alpha value is -2.66. The van der Waals surface area contributed by atoms with Gasteiger partial charge in [0.25, 0.3) is 5.91 Å². The summed E-state index contributed by atoms with van der Waals surface area (Å²) in [4.78, 5) is 23.5. The van der Waals surface area contributed by atoms with Crippen molar-refractivity contribution in [2.24, 2.45) is 0 Å². The Morgan fingerprint density at radius 1 is 1.17 bits per heavy atom. The minimum atomic E-state index is -0.710. The van der Waals surface area contributed by atoms with Crippen LogP contribution in [0.2, 0.25) is 5.02 Å². The van der Waals surface area contributed by atoms with Gasteiger partial charge in [-0.05, 0) is 42.8 Å². The highest BCUT2D eigenvalue weighted by atomic mass is 35.5. The lowest BCUT2D eigenvalue weighted by Gasteiger charge is -2.08. The molecule has 3 aromatic rings. The van der Waals surface area contributed by atoms with Crippen molar-refractivity contribution in [3.05, 3.63) is 74.9 Å². The molecule has 6 heteroatoms. The molecule has 0 aliphatic heterocycles. The molecule has 0 spiro atoms. The average Bonchev–Trinajstić information content (AvgIpc) is 2.46. The second kappa shape index (κ2) is 5.85. The molecule has 0 fully saturated rings. The van der Waals surface area contributed by atoms with E-state index in [-0.39, 0.29) is 10.6 Å². The molecule has 2 aromatic carbocycles. The lowest BCUT2D eigenvalue weighted by molar-refractivity contribution is 0.102. The van der Waals surface area contributed by atoms with Crippen LogP contribution in [0.15, 0.2) is 51.7 Å². The van der Waals surface area contributed by atoms with Crippen LogP contribution in [0.1, 0.15) is 15.9 Å². The lowest BCUT2D eigenvalue weighted by Crippen LogP contribution is -2.13. The third kappa shape index (κ3) is 3.10. The second-order valence-corrected chi connectivity index (χ2v) is 5.47. The van der Waals surface area contributed by atoms with Crippen LogP contribution >= 0.6 is 11.6 Å². The van der Waals surface area contributed by atoms with E-state index >= 15 is 0 Å². The van der Waals surface area contributed by atoms with Crippen molar-refractivity contribution in [2.75, 3.05) is 5.32 Å². The Balaban J connectivity index is 1.95. The third-order valence-electron chi connectivity index (χ3n) is 3.38. The summed E-state index contributed by atoms with van der Waals surface area (Å²) in [6.07, 6.45) is 0. The molecule has 0 saturated heterocycles. The molecule has 1 aromatic heterocycles. The van der Waals surface area contributed by atoms with Gasteiger partial charge in [-0.3, -0.25) is 4.79 Å². The molecule has 0 bridgehead atoms. The molecular formula is C17H11ClFNO3. The fourth-order valence-corrected chi connectivity index (χ4v) is 2.43. The number of anilines is 1. The van der Waals surface area contributed by atoms with Crippen LogP contribution in [0.5, 0.6) is 0 Å². The first-order chi connectivity index (χ1) is 10.9. The summed E-state index contributed by atoms with van der Waals surface area (Å²) in [6, 6.07) is 10.1. The van der Waals surface area contributed by atoms with Crippen LogP contribution in [0.3, 0.4) is 0 Å². The van der Waals surface area contributed by atoms with E-state index in [2.05, 4.69) is 5.32 Å². The maximum Gasteiger partial charge on any atom is 0.336 e. The number of fused-ring (bicyclic) bond motifs is 1. The van der Waals surface area contributed by atoms with Crippen LogP contribution < -0.4 is 10.9 Å². The predicted octanol–water partition coefficient (Wildman–Crippen LogP) is 4.15. The number of benzene rings is 2. The standard InChI is InChI=1S/C17H11ClFNO3/c1-9-6-16(21)23-15-8-11(3-5-12(9)15)20-17(22)13-4-2-10(18)7-14(13)19/h2-8H,1H3,(H,20,22). The molecule has 4 nitrogen and oxygen atoms in total. The largest absolute Gasteiger partial charge is 0.423 e. The summed E-state index contributed by atoms with van der Waals surface area (Å²) in [7, 11) is 0. The Morgan fingerprint density at radius 2 is 1.96 bits per heavy atom. The van der Waals surface area contributed by atoms with Gasteiger partial charge in [0.2, 0.25) is 0 Å². The van der Waals surface area contributed by atoms with E-state index in [4.69, 9.17) is 16.0 Å². The Bertz CT molecular complexity index is 981. The summed E-state index contributed by atoms with van der Waals surface area (Å²) in [6.45, 7) is 1.79. The highest BCUT2D eigenvalue weighted by molar-refractivity contribution is 6.30. The fraction of sp³-hybridized carbons (Fsp3) is 0.0588. The van der Waals surface area contributed by atoms with Gasteiger partial charge in [0.1, 0.15) is 11.4 Å². The number of rotatable bonds is 2. The first-order valence-corrected chi connectivity index (χ1v) is 7.13. The number of nitrogens with one attached hydrogen (secondary N) is 1. The SMILES string of the molecule is Cc1cc(=O)oc2cc(NC(=O)c3ccc(Cl)cc3F)ccc12. The molecule has 1 heterocycles. The van der Waals surface area contributed by atoms with Crippen molar-refractivity contribution in [2.45, 2.75) is 6.92 Å². The van der Waals surface area contributed by atoms with Gasteiger partial charge in [-0.2, -0.15) is 0 Å². The maximum absolute atomic E-state index is 13.8. The molecule has 3 rings (SSSR count). The number of halogens is 2. The molecule has 0 radical (unpaired) electrons. The van der Waals surface area contributed by atoms with E-state index in [1.807, 2.05) is 0 Å². The van der Waals surface area contributed by atoms with Crippen LogP contribution in [0.25, 0.3) is 11.0 Å². The van der Waals surface area contributed by atoms with E-state index < -0.39 is 17.3 Å². The number of amides is 1. The molecular weight excluding hydrogens is 321 g/mol. The zero-order chi connectivity index (χ0) is 16.6. The Kier molecular flexibility index (Phi) is 3.88. The minimum Gasteiger partial charge on any atom is -0.423 e. The summed E-state index contributed by atoms with van der Waals surface area (Å²) in [5.74, 6) is -1.33. The molecule has 1 amide bonds. The smallest absolute Gasteiger partial charge is 0.336 e. The quantitative estimate of drug-likeness (QED) is 0.718. The van der Waals surface area contributed by atoms with Gasteiger partial charge in [0, 0.05) is 28.2 Å². The van der Waals surface area contributed by atoms with Gasteiger partial charge in [-0.1, -0.05) is 11.6 Å². The van der Waals surface area contributed by atoms with Crippen LogP contribution in [-0.4, -0.2) is 5.91 Å². The Labute approximate surface area is 135 Å². The topological polar surface area (TPSA) is 59.3 Å². The molecule has 23 heavy (non-hydrogen) atoms. The van der Waals surface area contributed by atoms with Crippen LogP contribution in [0, 0.1) is 12.7 Å². The van der Waals surface area contributed by atoms with Crippen molar-refractivity contribution in [1.82, 2.24) is 0 Å². The number of aryl methyl sites for hydroxylation is 1. The molecule has 0 saturated carbocycles. The normalized spacial score (nSPS) is 10.7. The first kappa shape index (κ1) is 15.2. The van der Waals surface area contributed by atoms with E-state index in [0.29, 0.717) is 11.3 Å². The second-order valence-electron chi connectivity index (χ2n) is 5.04. The van der Waals surface area contributed by atoms with E-state index in [9.17, 15) is 14.0 Å². The van der Waals surface area contributed by atoms with Crippen molar-refractivity contribution in [3.63, 3.8) is 0 Å². The summed E-state index contributed by atoms with van der Waals surface area (Å²) < 4.78 is 18.9. The minimum absolute atomic E-state index is 0.125. The monoisotopic (exact) mass is 331 g/mol. The summed E-state index contributed by atoms with van der Waals surface area (Å²) >= 11 is 5.66. The summed E-state index contributed by atoms with van der Waals surface area (Å²) in [5.41, 5.74) is 0.926. The van der Waals surface area contributed by atoms with E-state index in [0.717, 1.165) is 17.0 Å². The number of hydrogen-bond donors (Lipinski definition) is 1. The van der Waals surface area contributed by atoms with Gasteiger partial charge >= 0.3 is 5.63 Å². The third-order valence-corrected chi connectivity index (χ3v) is 3.62. The zero-order valence-electron chi connectivity index (χ0n) is 12.0. The molecule has 0 aliphatic rings. The maximum atomic E-state index is 13.8. The van der Waals surface area contributed by atoms with Crippen LogP contribution in [-0.2, 0) is 0 Å². The molecule has 0 atom stereocenters. The average molecular weight is 332 g/mol. The molecule has 0 aliphatic carbocycles. The molecule has 116 valence electrons. The van der Waals surface area contributed by atoms with Crippen molar-refractivity contribution >= 4 is 34.2 Å². The van der Waals surface area contributed by atoms with Crippen molar-refractivity contribution in [1.29, 1.82) is 0 Å². The van der Waals surface area contributed by atoms with Gasteiger partial charge in [0.15, 0.2) is 0 Å². The fourth-order valence-electron chi connectivity index (χ4n) is 2.27. The zero-order valence-corrected chi connectivity index (χ0v) is 12.8. The van der Waals surface area contributed by atoms with E-state index in [1.54, 1.807) is 19.1 Å². The number of carbonyl (C=O) groups excluding carboxylic acids is 1. The van der Waals surface area contributed by atoms with Gasteiger partial charge in [-0.25, -0.2) is 9.18 Å². The van der Waals surface area contributed by atoms with Crippen molar-refractivity contribution in [3.8, 4) is 0 Å². The van der Waals surface area contributed by atoms with Crippen molar-refractivity contribution < 1.29 is 13.6 Å². The highest BCUT2D eigenvalue weighted by Crippen LogP contribution is 2.22. The van der Waals surface area contributed by atoms with Gasteiger partial charge in [-0.15, -0.1) is 0 Å². The van der Waals surface area contributed by atoms with E-state index in [1.165, 1.54) is 24.3 Å². The van der Waals surface area contributed by atoms with Gasteiger partial charge in [0.05, 0.1) is 5.56 Å². The molecule has 0 unspecified atom stereocenters. The number of carbonyl (C=O) groups is 1. The predicted molar refractivity (Wildman–Crippen MR) is 86.6 cm³/mol. The number of hydrogen-bond acceptors (Lipinski definition) is 3. The van der Waals surface area contributed by atoms with Gasteiger partial charge < -0.3 is 9.73 Å². The lowest BCUT2D eigenvalue weighted by atomic mass is 10.1. The first-order valence-electron chi connectivity index (χ1n) is 6.75. The summed E-state index contributed by atoms with van der Waals surface area (Å²) in [5, 5.41) is 3.54. The molecule has 1 N–H and O–H groups in total.